The van der Waals surface area contributed by atoms with Crippen LogP contribution in [0.4, 0.5) is 0 Å². The maximum Gasteiger partial charge on any atom is 0.164 e. The summed E-state index contributed by atoms with van der Waals surface area (Å²) in [5, 5.41) is 14.8. The number of hydrogen-bond acceptors (Lipinski definition) is 5. The molecule has 54 heavy (non-hydrogen) atoms. The van der Waals surface area contributed by atoms with Crippen molar-refractivity contribution >= 4 is 48.9 Å². The zero-order valence-electron chi connectivity index (χ0n) is 34.1. The molecule has 0 aliphatic carbocycles. The van der Waals surface area contributed by atoms with E-state index < -0.39 is 0 Å². The minimum Gasteiger partial charge on any atom is -0.512 e. The van der Waals surface area contributed by atoms with E-state index >= 15 is 0 Å². The fourth-order valence-corrected chi connectivity index (χ4v) is 7.84. The van der Waals surface area contributed by atoms with Crippen molar-refractivity contribution < 1.29 is 34.4 Å². The number of fused-ring (bicyclic) bond motifs is 3. The van der Waals surface area contributed by atoms with E-state index in [0.717, 1.165) is 70.4 Å². The number of benzene rings is 3. The van der Waals surface area contributed by atoms with Crippen LogP contribution in [0, 0.1) is 22.8 Å². The summed E-state index contributed by atoms with van der Waals surface area (Å²) < 4.78 is 7.69. The quantitative estimate of drug-likeness (QED) is 0.0799. The van der Waals surface area contributed by atoms with Gasteiger partial charge in [0.1, 0.15) is 17.1 Å². The molecular weight excluding hydrogens is 863 g/mol. The van der Waals surface area contributed by atoms with Gasteiger partial charge in [-0.1, -0.05) is 117 Å². The molecule has 3 aromatic heterocycles. The Bertz CT molecular complexity index is 2240. The summed E-state index contributed by atoms with van der Waals surface area (Å²) in [6.07, 6.45) is 7.69. The standard InChI is InChI=1S/C33H30NOS.C15H28O2.Ir/c1-20(2)14-21-10-11-23-18-31(36-30(23)15-21)29-19-26-28(35-29)12-13-34-32(26)24-16-22-8-6-7-9-25(22)27(17-24)33(3,4)5;1-7-14(5,8-2)12(16)11-13(17)15(6,9-3)10-4;/h6-13,15,17-20H,14H2,1-5H3;11,16H,7-10H2,1-6H3;/q-1;;/b;12-11-;. The summed E-state index contributed by atoms with van der Waals surface area (Å²) >= 11 is 1.79. The number of furan rings is 1. The Labute approximate surface area is 340 Å². The molecule has 4 nitrogen and oxygen atoms in total. The summed E-state index contributed by atoms with van der Waals surface area (Å²) in [5.74, 6) is 1.82. The van der Waals surface area contributed by atoms with Crippen LogP contribution in [0.3, 0.4) is 0 Å². The van der Waals surface area contributed by atoms with Crippen molar-refractivity contribution in [3.63, 3.8) is 0 Å². The van der Waals surface area contributed by atoms with Gasteiger partial charge in [0.25, 0.3) is 0 Å². The molecule has 6 heteroatoms. The zero-order valence-corrected chi connectivity index (χ0v) is 37.3. The van der Waals surface area contributed by atoms with Crippen LogP contribution in [0.15, 0.2) is 89.2 Å². The maximum atomic E-state index is 12.2. The topological polar surface area (TPSA) is 63.3 Å². The molecular formula is C48H58IrNO3S-. The molecule has 1 radical (unpaired) electrons. The molecule has 0 saturated carbocycles. The first kappa shape index (κ1) is 43.2. The van der Waals surface area contributed by atoms with E-state index in [4.69, 9.17) is 9.40 Å². The van der Waals surface area contributed by atoms with Gasteiger partial charge in [-0.15, -0.1) is 40.5 Å². The average Bonchev–Trinajstić information content (AvgIpc) is 3.77. The van der Waals surface area contributed by atoms with Gasteiger partial charge in [0.2, 0.25) is 0 Å². The van der Waals surface area contributed by atoms with Crippen molar-refractivity contribution in [3.05, 3.63) is 102 Å². The summed E-state index contributed by atoms with van der Waals surface area (Å²) in [4.78, 5) is 18.1. The Balaban J connectivity index is 0.000000309. The largest absolute Gasteiger partial charge is 0.512 e. The van der Waals surface area contributed by atoms with Crippen LogP contribution in [0.5, 0.6) is 0 Å². The molecule has 0 bridgehead atoms. The number of rotatable bonds is 11. The van der Waals surface area contributed by atoms with Gasteiger partial charge in [-0.05, 0) is 78.7 Å². The van der Waals surface area contributed by atoms with E-state index in [0.29, 0.717) is 5.92 Å². The SMILES string of the molecule is CC(C)Cc1ccc2cc(-c3cc4c(-c5[c-]c6ccccc6c(C(C)(C)C)c5)nccc4o3)sc2c1.CCC(C)(CC)C(=O)/C=C(\O)C(C)(CC)CC.[Ir]. The number of carbonyl (C=O) groups is 1. The van der Waals surface area contributed by atoms with Crippen molar-refractivity contribution in [3.8, 4) is 21.9 Å². The molecule has 0 atom stereocenters. The molecule has 0 unspecified atom stereocenters. The molecule has 6 rings (SSSR count). The van der Waals surface area contributed by atoms with Gasteiger partial charge in [-0.2, -0.15) is 0 Å². The van der Waals surface area contributed by atoms with Gasteiger partial charge in [0.15, 0.2) is 5.78 Å². The molecule has 0 fully saturated rings. The number of aromatic nitrogens is 1. The number of thiophene rings is 1. The predicted octanol–water partition coefficient (Wildman–Crippen LogP) is 14.5. The second-order valence-electron chi connectivity index (χ2n) is 16.6. The van der Waals surface area contributed by atoms with Gasteiger partial charge in [0, 0.05) is 59.0 Å². The molecule has 289 valence electrons. The van der Waals surface area contributed by atoms with Gasteiger partial charge < -0.3 is 9.52 Å². The molecule has 0 aliphatic heterocycles. The number of allylic oxidation sites excluding steroid dienone is 2. The molecule has 0 aliphatic rings. The molecule has 0 spiro atoms. The first-order valence-electron chi connectivity index (χ1n) is 19.4. The molecule has 0 amide bonds. The van der Waals surface area contributed by atoms with E-state index in [1.165, 1.54) is 32.7 Å². The van der Waals surface area contributed by atoms with E-state index in [2.05, 4.69) is 101 Å². The van der Waals surface area contributed by atoms with Gasteiger partial charge >= 0.3 is 0 Å². The number of aliphatic hydroxyl groups is 1. The fraction of sp³-hybridized carbons (Fsp3) is 0.417. The van der Waals surface area contributed by atoms with Crippen LogP contribution in [0.1, 0.15) is 113 Å². The second kappa shape index (κ2) is 17.5. The minimum absolute atomic E-state index is 0. The van der Waals surface area contributed by atoms with E-state index in [9.17, 15) is 9.90 Å². The number of ketones is 1. The normalized spacial score (nSPS) is 12.6. The number of pyridine rings is 1. The number of hydrogen-bond donors (Lipinski definition) is 1. The maximum absolute atomic E-state index is 12.2. The Kier molecular flexibility index (Phi) is 14.0. The van der Waals surface area contributed by atoms with Crippen molar-refractivity contribution in [1.82, 2.24) is 4.98 Å². The molecule has 6 aromatic rings. The minimum atomic E-state index is -0.337. The third-order valence-electron chi connectivity index (χ3n) is 11.4. The molecule has 1 N–H and O–H groups in total. The van der Waals surface area contributed by atoms with Crippen LogP contribution in [0.2, 0.25) is 0 Å². The van der Waals surface area contributed by atoms with E-state index in [1.54, 1.807) is 11.3 Å². The summed E-state index contributed by atoms with van der Waals surface area (Å²) in [6.45, 7) is 23.4. The summed E-state index contributed by atoms with van der Waals surface area (Å²) in [5.41, 5.74) is 4.87. The Hall–Kier alpha value is -3.57. The summed E-state index contributed by atoms with van der Waals surface area (Å²) in [7, 11) is 0. The van der Waals surface area contributed by atoms with Crippen LogP contribution in [-0.4, -0.2) is 15.9 Å². The number of carbonyl (C=O) groups excluding carboxylic acids is 1. The van der Waals surface area contributed by atoms with Crippen molar-refractivity contribution in [1.29, 1.82) is 0 Å². The number of aliphatic hydroxyl groups excluding tert-OH is 1. The van der Waals surface area contributed by atoms with E-state index in [1.807, 2.05) is 53.8 Å². The predicted molar refractivity (Wildman–Crippen MR) is 227 cm³/mol. The van der Waals surface area contributed by atoms with E-state index in [-0.39, 0.29) is 47.9 Å². The van der Waals surface area contributed by atoms with Crippen LogP contribution < -0.4 is 0 Å². The summed E-state index contributed by atoms with van der Waals surface area (Å²) in [6, 6.07) is 27.6. The van der Waals surface area contributed by atoms with Crippen molar-refractivity contribution in [2.45, 2.75) is 114 Å². The Morgan fingerprint density at radius 3 is 2.17 bits per heavy atom. The third-order valence-corrected chi connectivity index (χ3v) is 12.5. The monoisotopic (exact) mass is 921 g/mol. The van der Waals surface area contributed by atoms with Crippen LogP contribution in [-0.2, 0) is 36.7 Å². The van der Waals surface area contributed by atoms with Gasteiger partial charge in [0.05, 0.1) is 4.88 Å². The smallest absolute Gasteiger partial charge is 0.164 e. The Morgan fingerprint density at radius 1 is 0.870 bits per heavy atom. The molecule has 0 saturated heterocycles. The fourth-order valence-electron chi connectivity index (χ4n) is 6.76. The van der Waals surface area contributed by atoms with Gasteiger partial charge in [-0.25, -0.2) is 0 Å². The first-order chi connectivity index (χ1) is 25.0. The number of nitrogens with zero attached hydrogens (tertiary/aromatic N) is 1. The third kappa shape index (κ3) is 9.27. The van der Waals surface area contributed by atoms with Gasteiger partial charge in [-0.3, -0.25) is 9.78 Å². The first-order valence-corrected chi connectivity index (χ1v) is 20.2. The van der Waals surface area contributed by atoms with Crippen LogP contribution >= 0.6 is 11.3 Å². The zero-order chi connectivity index (χ0) is 38.7. The van der Waals surface area contributed by atoms with Crippen molar-refractivity contribution in [2.75, 3.05) is 0 Å². The Morgan fingerprint density at radius 2 is 1.54 bits per heavy atom. The van der Waals surface area contributed by atoms with Crippen LogP contribution in [0.25, 0.3) is 53.7 Å². The average molecular weight is 921 g/mol. The molecule has 3 heterocycles. The van der Waals surface area contributed by atoms with Crippen molar-refractivity contribution in [2.24, 2.45) is 16.7 Å². The second-order valence-corrected chi connectivity index (χ2v) is 17.7. The molecule has 3 aromatic carbocycles.